The summed E-state index contributed by atoms with van der Waals surface area (Å²) in [6.45, 7) is -0.172. The van der Waals surface area contributed by atoms with Gasteiger partial charge in [-0.1, -0.05) is 24.3 Å². The normalized spacial score (nSPS) is 25.2. The summed E-state index contributed by atoms with van der Waals surface area (Å²) in [7, 11) is 1.34. The average Bonchev–Trinajstić information content (AvgIpc) is 3.46. The summed E-state index contributed by atoms with van der Waals surface area (Å²) in [6.07, 6.45) is 8.16. The molecule has 0 saturated heterocycles. The molecule has 1 heterocycles. The summed E-state index contributed by atoms with van der Waals surface area (Å²) in [4.78, 5) is 77.1. The molecule has 1 aromatic heterocycles. The van der Waals surface area contributed by atoms with Crippen molar-refractivity contribution in [2.75, 3.05) is 12.4 Å². The molecule has 5 aliphatic rings. The first-order chi connectivity index (χ1) is 21.7. The monoisotopic (exact) mass is 615 g/mol. The van der Waals surface area contributed by atoms with Gasteiger partial charge in [0.1, 0.15) is 18.3 Å². The lowest BCUT2D eigenvalue weighted by Gasteiger charge is -2.54. The van der Waals surface area contributed by atoms with Gasteiger partial charge in [-0.05, 0) is 98.3 Å². The molecule has 4 saturated carbocycles. The van der Waals surface area contributed by atoms with Crippen molar-refractivity contribution in [2.24, 2.45) is 29.6 Å². The van der Waals surface area contributed by atoms with E-state index in [0.717, 1.165) is 23.0 Å². The van der Waals surface area contributed by atoms with Crippen LogP contribution in [0.2, 0.25) is 0 Å². The smallest absolute Gasteiger partial charge is 0.287 e. The standard InChI is InChI=1S/C34H41N5O6/c1-35-33(44)28(40)9-8-26(36-31(42)25-16-21-5-2-3-6-22(21)17-25)32(43)37-27-7-4-10-39(34(27)45)18-29(41)38-30-23-12-19-11-20(14-23)15-24(30)13-19/h2-7,10,19-20,23-26,30H,8-9,11-18H2,1H3,(H,35,44)(H,36,42)(H,37,43)(H,38,41)/t19?,20?,23?,24?,26-,30?/m0/s1. The van der Waals surface area contributed by atoms with Crippen LogP contribution in [0.4, 0.5) is 5.69 Å². The van der Waals surface area contributed by atoms with Gasteiger partial charge in [0, 0.05) is 31.6 Å². The molecule has 5 aliphatic carbocycles. The number of benzene rings is 1. The number of ketones is 1. The number of fused-ring (bicyclic) bond motifs is 1. The molecule has 45 heavy (non-hydrogen) atoms. The van der Waals surface area contributed by atoms with Crippen LogP contribution in [0.15, 0.2) is 47.4 Å². The van der Waals surface area contributed by atoms with Gasteiger partial charge in [-0.15, -0.1) is 0 Å². The number of nitrogens with one attached hydrogen (secondary N) is 4. The molecule has 0 radical (unpaired) electrons. The summed E-state index contributed by atoms with van der Waals surface area (Å²) in [6, 6.07) is 9.77. The van der Waals surface area contributed by atoms with Crippen LogP contribution in [0.1, 0.15) is 56.1 Å². The van der Waals surface area contributed by atoms with Gasteiger partial charge in [-0.25, -0.2) is 0 Å². The molecule has 4 fully saturated rings. The maximum absolute atomic E-state index is 13.5. The summed E-state index contributed by atoms with van der Waals surface area (Å²) in [5.74, 6) is -0.552. The molecule has 4 amide bonds. The number of Topliss-reactive ketones (excluding diaryl/α,β-unsaturated/α-hetero) is 1. The molecule has 4 bridgehead atoms. The number of anilines is 1. The van der Waals surface area contributed by atoms with E-state index in [1.807, 2.05) is 24.3 Å². The Balaban J connectivity index is 1.10. The van der Waals surface area contributed by atoms with Crippen LogP contribution >= 0.6 is 0 Å². The summed E-state index contributed by atoms with van der Waals surface area (Å²) in [5, 5.41) is 10.8. The third kappa shape index (κ3) is 6.72. The molecule has 7 rings (SSSR count). The highest BCUT2D eigenvalue weighted by Gasteiger charge is 2.48. The van der Waals surface area contributed by atoms with Gasteiger partial charge in [-0.2, -0.15) is 0 Å². The minimum absolute atomic E-state index is 0.0462. The Morgan fingerprint density at radius 2 is 1.53 bits per heavy atom. The van der Waals surface area contributed by atoms with Gasteiger partial charge in [-0.3, -0.25) is 28.8 Å². The number of hydrogen-bond acceptors (Lipinski definition) is 6. The second-order valence-electron chi connectivity index (χ2n) is 13.3. The lowest BCUT2D eigenvalue weighted by molar-refractivity contribution is -0.138. The minimum Gasteiger partial charge on any atom is -0.353 e. The first-order valence-corrected chi connectivity index (χ1v) is 16.1. The number of likely N-dealkylation sites (N-methyl/N-ethyl adjacent to an activating group) is 1. The average molecular weight is 616 g/mol. The molecule has 11 heteroatoms. The molecule has 1 aromatic carbocycles. The molecule has 4 N–H and O–H groups in total. The second-order valence-corrected chi connectivity index (χ2v) is 13.3. The lowest BCUT2D eigenvalue weighted by Crippen LogP contribution is -2.56. The number of carbonyl (C=O) groups excluding carboxylic acids is 5. The van der Waals surface area contributed by atoms with Gasteiger partial charge >= 0.3 is 0 Å². The fraction of sp³-hybridized carbons (Fsp3) is 0.529. The van der Waals surface area contributed by atoms with Crippen molar-refractivity contribution >= 4 is 35.1 Å². The van der Waals surface area contributed by atoms with Crippen LogP contribution in [0.25, 0.3) is 0 Å². The van der Waals surface area contributed by atoms with E-state index in [9.17, 15) is 28.8 Å². The lowest BCUT2D eigenvalue weighted by atomic mass is 9.54. The largest absolute Gasteiger partial charge is 0.353 e. The maximum Gasteiger partial charge on any atom is 0.287 e. The zero-order chi connectivity index (χ0) is 31.7. The van der Waals surface area contributed by atoms with Crippen LogP contribution in [0.3, 0.4) is 0 Å². The molecule has 0 aliphatic heterocycles. The highest BCUT2D eigenvalue weighted by Crippen LogP contribution is 2.53. The molecule has 0 spiro atoms. The summed E-state index contributed by atoms with van der Waals surface area (Å²) >= 11 is 0. The van der Waals surface area contributed by atoms with Crippen LogP contribution < -0.4 is 26.8 Å². The van der Waals surface area contributed by atoms with E-state index in [4.69, 9.17) is 0 Å². The van der Waals surface area contributed by atoms with Crippen molar-refractivity contribution in [2.45, 2.75) is 76.4 Å². The van der Waals surface area contributed by atoms with Gasteiger partial charge in [0.2, 0.25) is 23.5 Å². The first-order valence-electron chi connectivity index (χ1n) is 16.1. The fourth-order valence-electron chi connectivity index (χ4n) is 8.35. The number of amides is 4. The number of aromatic nitrogens is 1. The van der Waals surface area contributed by atoms with Crippen molar-refractivity contribution in [3.63, 3.8) is 0 Å². The van der Waals surface area contributed by atoms with E-state index < -0.39 is 29.2 Å². The molecule has 1 atom stereocenters. The Kier molecular flexibility index (Phi) is 8.87. The quantitative estimate of drug-likeness (QED) is 0.282. The predicted octanol–water partition coefficient (Wildman–Crippen LogP) is 1.72. The van der Waals surface area contributed by atoms with E-state index in [1.54, 1.807) is 6.07 Å². The van der Waals surface area contributed by atoms with Crippen LogP contribution in [0, 0.1) is 29.6 Å². The van der Waals surface area contributed by atoms with Crippen molar-refractivity contribution < 1.29 is 24.0 Å². The maximum atomic E-state index is 13.5. The van der Waals surface area contributed by atoms with Crippen molar-refractivity contribution in [1.29, 1.82) is 0 Å². The van der Waals surface area contributed by atoms with E-state index in [2.05, 4.69) is 21.3 Å². The molecular formula is C34H41N5O6. The Morgan fingerprint density at radius 3 is 2.16 bits per heavy atom. The number of rotatable bonds is 11. The van der Waals surface area contributed by atoms with Crippen molar-refractivity contribution in [3.05, 3.63) is 64.1 Å². The first kappa shape index (κ1) is 30.7. The summed E-state index contributed by atoms with van der Waals surface area (Å²) < 4.78 is 1.26. The Labute approximate surface area is 261 Å². The van der Waals surface area contributed by atoms with Crippen molar-refractivity contribution in [1.82, 2.24) is 20.5 Å². The van der Waals surface area contributed by atoms with Crippen LogP contribution in [0.5, 0.6) is 0 Å². The molecule has 238 valence electrons. The topological polar surface area (TPSA) is 155 Å². The van der Waals surface area contributed by atoms with Gasteiger partial charge in [0.15, 0.2) is 0 Å². The highest BCUT2D eigenvalue weighted by atomic mass is 16.2. The molecule has 0 unspecified atom stereocenters. The van der Waals surface area contributed by atoms with Gasteiger partial charge in [0.05, 0.1) is 0 Å². The fourth-order valence-corrected chi connectivity index (χ4v) is 8.35. The second kappa shape index (κ2) is 13.0. The molecule has 11 nitrogen and oxygen atoms in total. The van der Waals surface area contributed by atoms with Crippen LogP contribution in [-0.2, 0) is 43.4 Å². The van der Waals surface area contributed by atoms with E-state index >= 15 is 0 Å². The number of pyridine rings is 1. The van der Waals surface area contributed by atoms with E-state index in [0.29, 0.717) is 24.7 Å². The third-order valence-electron chi connectivity index (χ3n) is 10.3. The SMILES string of the molecule is CNC(=O)C(=O)CC[C@H](NC(=O)C1Cc2ccccc2C1)C(=O)Nc1cccn(CC(=O)NC2C3CC4CC(C3)CC2C4)c1=O. The predicted molar refractivity (Wildman–Crippen MR) is 166 cm³/mol. The van der Waals surface area contributed by atoms with Gasteiger partial charge in [0.25, 0.3) is 11.5 Å². The number of nitrogens with zero attached hydrogens (tertiary/aromatic N) is 1. The van der Waals surface area contributed by atoms with E-state index in [1.165, 1.54) is 56.0 Å². The summed E-state index contributed by atoms with van der Waals surface area (Å²) in [5.41, 5.74) is 1.55. The van der Waals surface area contributed by atoms with Crippen molar-refractivity contribution in [3.8, 4) is 0 Å². The Morgan fingerprint density at radius 1 is 0.889 bits per heavy atom. The number of carbonyl (C=O) groups is 5. The third-order valence-corrected chi connectivity index (χ3v) is 10.3. The van der Waals surface area contributed by atoms with Crippen LogP contribution in [-0.4, -0.2) is 53.1 Å². The van der Waals surface area contributed by atoms with E-state index in [-0.39, 0.29) is 48.8 Å². The number of hydrogen-bond donors (Lipinski definition) is 4. The highest BCUT2D eigenvalue weighted by molar-refractivity contribution is 6.36. The Bertz CT molecular complexity index is 1510. The molecular weight excluding hydrogens is 574 g/mol. The minimum atomic E-state index is -1.16. The zero-order valence-electron chi connectivity index (χ0n) is 25.6. The zero-order valence-corrected chi connectivity index (χ0v) is 25.6. The molecule has 2 aromatic rings. The van der Waals surface area contributed by atoms with Gasteiger partial charge < -0.3 is 25.8 Å². The Hall–Kier alpha value is -4.28.